The smallest absolute Gasteiger partial charge is 0.234 e. The fourth-order valence-corrected chi connectivity index (χ4v) is 3.78. The Bertz CT molecular complexity index is 742. The highest BCUT2D eigenvalue weighted by atomic mass is 35.5. The minimum Gasteiger partial charge on any atom is -0.494 e. The standard InChI is InChI=1S/C22H29N3O2.ClH/c1-2-27-20-10-6-7-17(11-20)13-24-22(26)16-25-14-19(12-23)21(15-25)18-8-4-3-5-9-18;/h3-11,19,21H,2,12-16,23H2,1H3,(H,24,26);1H/t19-,21+;/m1./s1. The number of carbonyl (C=O) groups excluding carboxylic acids is 1. The number of nitrogens with two attached hydrogens (primary N) is 1. The van der Waals surface area contributed by atoms with E-state index >= 15 is 0 Å². The molecule has 5 nitrogen and oxygen atoms in total. The van der Waals surface area contributed by atoms with Gasteiger partial charge in [0.2, 0.25) is 5.91 Å². The second-order valence-electron chi connectivity index (χ2n) is 7.06. The van der Waals surface area contributed by atoms with Crippen LogP contribution in [-0.2, 0) is 11.3 Å². The molecule has 1 aliphatic heterocycles. The molecule has 0 saturated carbocycles. The highest BCUT2D eigenvalue weighted by Crippen LogP contribution is 2.31. The monoisotopic (exact) mass is 403 g/mol. The molecule has 1 amide bonds. The summed E-state index contributed by atoms with van der Waals surface area (Å²) in [6, 6.07) is 18.3. The van der Waals surface area contributed by atoms with Gasteiger partial charge in [0.05, 0.1) is 13.2 Å². The Morgan fingerprint density at radius 3 is 2.68 bits per heavy atom. The minimum atomic E-state index is 0. The van der Waals surface area contributed by atoms with Crippen molar-refractivity contribution in [3.8, 4) is 5.75 Å². The molecular weight excluding hydrogens is 374 g/mol. The van der Waals surface area contributed by atoms with Gasteiger partial charge in [0.15, 0.2) is 0 Å². The predicted octanol–water partition coefficient (Wildman–Crippen LogP) is 2.80. The predicted molar refractivity (Wildman–Crippen MR) is 115 cm³/mol. The number of hydrogen-bond acceptors (Lipinski definition) is 4. The molecule has 0 bridgehead atoms. The lowest BCUT2D eigenvalue weighted by molar-refractivity contribution is -0.122. The van der Waals surface area contributed by atoms with Gasteiger partial charge in [0.25, 0.3) is 0 Å². The average Bonchev–Trinajstić information content (AvgIpc) is 3.10. The average molecular weight is 404 g/mol. The van der Waals surface area contributed by atoms with Crippen LogP contribution in [0.3, 0.4) is 0 Å². The molecule has 0 aromatic heterocycles. The fourth-order valence-electron chi connectivity index (χ4n) is 3.78. The third-order valence-corrected chi connectivity index (χ3v) is 5.11. The van der Waals surface area contributed by atoms with E-state index in [4.69, 9.17) is 10.5 Å². The molecule has 1 fully saturated rings. The summed E-state index contributed by atoms with van der Waals surface area (Å²) in [7, 11) is 0. The zero-order valence-corrected chi connectivity index (χ0v) is 17.2. The van der Waals surface area contributed by atoms with E-state index in [1.165, 1.54) is 5.56 Å². The number of amides is 1. The van der Waals surface area contributed by atoms with Crippen LogP contribution in [0.1, 0.15) is 24.0 Å². The van der Waals surface area contributed by atoms with Gasteiger partial charge in [0.1, 0.15) is 5.75 Å². The quantitative estimate of drug-likeness (QED) is 0.711. The summed E-state index contributed by atoms with van der Waals surface area (Å²) < 4.78 is 5.51. The number of carbonyl (C=O) groups is 1. The van der Waals surface area contributed by atoms with Gasteiger partial charge >= 0.3 is 0 Å². The molecule has 28 heavy (non-hydrogen) atoms. The molecule has 0 aliphatic carbocycles. The summed E-state index contributed by atoms with van der Waals surface area (Å²) >= 11 is 0. The van der Waals surface area contributed by atoms with Crippen LogP contribution in [0.2, 0.25) is 0 Å². The van der Waals surface area contributed by atoms with Crippen molar-refractivity contribution in [2.45, 2.75) is 19.4 Å². The van der Waals surface area contributed by atoms with E-state index in [0.717, 1.165) is 24.4 Å². The summed E-state index contributed by atoms with van der Waals surface area (Å²) in [4.78, 5) is 14.6. The van der Waals surface area contributed by atoms with Crippen molar-refractivity contribution in [2.75, 3.05) is 32.8 Å². The van der Waals surface area contributed by atoms with Crippen molar-refractivity contribution in [3.05, 3.63) is 65.7 Å². The van der Waals surface area contributed by atoms with E-state index < -0.39 is 0 Å². The van der Waals surface area contributed by atoms with Crippen molar-refractivity contribution in [1.29, 1.82) is 0 Å². The van der Waals surface area contributed by atoms with Gasteiger partial charge in [-0.3, -0.25) is 9.69 Å². The normalized spacial score (nSPS) is 19.1. The second kappa shape index (κ2) is 11.1. The molecular formula is C22H30ClN3O2. The van der Waals surface area contributed by atoms with Gasteiger partial charge in [-0.25, -0.2) is 0 Å². The van der Waals surface area contributed by atoms with Crippen LogP contribution in [0.4, 0.5) is 0 Å². The summed E-state index contributed by atoms with van der Waals surface area (Å²) in [6.07, 6.45) is 0. The van der Waals surface area contributed by atoms with E-state index in [1.54, 1.807) is 0 Å². The lowest BCUT2D eigenvalue weighted by atomic mass is 9.89. The Balaban J connectivity index is 0.00000280. The van der Waals surface area contributed by atoms with Crippen molar-refractivity contribution in [3.63, 3.8) is 0 Å². The number of hydrogen-bond donors (Lipinski definition) is 2. The molecule has 3 rings (SSSR count). The van der Waals surface area contributed by atoms with Crippen LogP contribution in [0, 0.1) is 5.92 Å². The number of rotatable bonds is 8. The molecule has 6 heteroatoms. The molecule has 2 aromatic rings. The zero-order valence-electron chi connectivity index (χ0n) is 16.3. The first kappa shape index (κ1) is 22.2. The van der Waals surface area contributed by atoms with Crippen LogP contribution < -0.4 is 15.8 Å². The van der Waals surface area contributed by atoms with Crippen LogP contribution in [-0.4, -0.2) is 43.6 Å². The van der Waals surface area contributed by atoms with Crippen molar-refractivity contribution >= 4 is 18.3 Å². The Morgan fingerprint density at radius 1 is 1.18 bits per heavy atom. The molecule has 1 heterocycles. The molecule has 0 spiro atoms. The van der Waals surface area contributed by atoms with E-state index in [-0.39, 0.29) is 18.3 Å². The number of likely N-dealkylation sites (tertiary alicyclic amines) is 1. The van der Waals surface area contributed by atoms with E-state index in [0.29, 0.717) is 38.1 Å². The molecule has 3 N–H and O–H groups in total. The second-order valence-corrected chi connectivity index (χ2v) is 7.06. The Labute approximate surface area is 173 Å². The SMILES string of the molecule is CCOc1cccc(CNC(=O)CN2C[C@@H](CN)[C@H](c3ccccc3)C2)c1.Cl. The molecule has 2 atom stereocenters. The first-order valence-corrected chi connectivity index (χ1v) is 9.65. The zero-order chi connectivity index (χ0) is 19.1. The topological polar surface area (TPSA) is 67.6 Å². The lowest BCUT2D eigenvalue weighted by Crippen LogP contribution is -2.36. The first-order valence-electron chi connectivity index (χ1n) is 9.65. The summed E-state index contributed by atoms with van der Waals surface area (Å²) in [5.41, 5.74) is 8.34. The fraction of sp³-hybridized carbons (Fsp3) is 0.409. The largest absolute Gasteiger partial charge is 0.494 e. The van der Waals surface area contributed by atoms with Crippen LogP contribution in [0.15, 0.2) is 54.6 Å². The van der Waals surface area contributed by atoms with Crippen molar-refractivity contribution in [1.82, 2.24) is 10.2 Å². The third kappa shape index (κ3) is 5.96. The Kier molecular flexibility index (Phi) is 8.77. The summed E-state index contributed by atoms with van der Waals surface area (Å²) in [5, 5.41) is 3.02. The maximum absolute atomic E-state index is 12.4. The van der Waals surface area contributed by atoms with Gasteiger partial charge in [-0.15, -0.1) is 12.4 Å². The molecule has 152 valence electrons. The Hall–Kier alpha value is -2.08. The minimum absolute atomic E-state index is 0. The van der Waals surface area contributed by atoms with Gasteiger partial charge in [0, 0.05) is 25.6 Å². The maximum Gasteiger partial charge on any atom is 0.234 e. The lowest BCUT2D eigenvalue weighted by Gasteiger charge is -2.16. The number of halogens is 1. The van der Waals surface area contributed by atoms with Gasteiger partial charge in [-0.05, 0) is 42.6 Å². The third-order valence-electron chi connectivity index (χ3n) is 5.11. The van der Waals surface area contributed by atoms with Crippen LogP contribution >= 0.6 is 12.4 Å². The summed E-state index contributed by atoms with van der Waals surface area (Å²) in [6.45, 7) is 5.89. The number of nitrogens with zero attached hydrogens (tertiary/aromatic N) is 1. The maximum atomic E-state index is 12.4. The van der Waals surface area contributed by atoms with E-state index in [1.807, 2.05) is 37.3 Å². The number of ether oxygens (including phenoxy) is 1. The van der Waals surface area contributed by atoms with E-state index in [9.17, 15) is 4.79 Å². The molecule has 0 unspecified atom stereocenters. The Morgan fingerprint density at radius 2 is 1.96 bits per heavy atom. The van der Waals surface area contributed by atoms with Crippen LogP contribution in [0.25, 0.3) is 0 Å². The highest BCUT2D eigenvalue weighted by molar-refractivity contribution is 5.85. The first-order chi connectivity index (χ1) is 13.2. The highest BCUT2D eigenvalue weighted by Gasteiger charge is 2.33. The van der Waals surface area contributed by atoms with Crippen LogP contribution in [0.5, 0.6) is 5.75 Å². The van der Waals surface area contributed by atoms with Crippen molar-refractivity contribution < 1.29 is 9.53 Å². The van der Waals surface area contributed by atoms with Gasteiger partial charge < -0.3 is 15.8 Å². The molecule has 1 saturated heterocycles. The summed E-state index contributed by atoms with van der Waals surface area (Å²) in [5.74, 6) is 1.66. The number of nitrogens with one attached hydrogen (secondary N) is 1. The van der Waals surface area contributed by atoms with Crippen molar-refractivity contribution in [2.24, 2.45) is 11.7 Å². The molecule has 2 aromatic carbocycles. The molecule has 1 aliphatic rings. The van der Waals surface area contributed by atoms with Gasteiger partial charge in [-0.1, -0.05) is 42.5 Å². The molecule has 0 radical (unpaired) electrons. The van der Waals surface area contributed by atoms with Gasteiger partial charge in [-0.2, -0.15) is 0 Å². The van der Waals surface area contributed by atoms with E-state index in [2.05, 4.69) is 34.5 Å². The number of benzene rings is 2.